The number of rotatable bonds is 9. The van der Waals surface area contributed by atoms with Crippen molar-refractivity contribution in [3.8, 4) is 28.4 Å². The van der Waals surface area contributed by atoms with Crippen LogP contribution in [0.15, 0.2) is 22.7 Å². The molecule has 1 atom stereocenters. The van der Waals surface area contributed by atoms with Gasteiger partial charge in [-0.05, 0) is 71.7 Å². The highest BCUT2D eigenvalue weighted by Crippen LogP contribution is 2.48. The van der Waals surface area contributed by atoms with Crippen LogP contribution in [0.4, 0.5) is 5.82 Å². The normalized spacial score (nSPS) is 19.6. The highest BCUT2D eigenvalue weighted by molar-refractivity contribution is 6.33. The van der Waals surface area contributed by atoms with Gasteiger partial charge in [-0.15, -0.1) is 0 Å². The minimum Gasteiger partial charge on any atom is -0.491 e. The van der Waals surface area contributed by atoms with Crippen molar-refractivity contribution in [2.75, 3.05) is 51.3 Å². The van der Waals surface area contributed by atoms with Crippen molar-refractivity contribution < 1.29 is 14.4 Å². The molecule has 40 heavy (non-hydrogen) atoms. The molecule has 0 amide bonds. The monoisotopic (exact) mass is 566 g/mol. The van der Waals surface area contributed by atoms with Crippen LogP contribution in [0.25, 0.3) is 22.6 Å². The molecule has 4 heterocycles. The number of nitrogens with one attached hydrogen (secondary N) is 1. The number of aliphatic hydroxyl groups is 1. The average molecular weight is 567 g/mol. The number of aliphatic hydroxyl groups excluding tert-OH is 1. The Bertz CT molecular complexity index is 1350. The van der Waals surface area contributed by atoms with Crippen molar-refractivity contribution in [3.05, 3.63) is 40.2 Å². The van der Waals surface area contributed by atoms with Crippen LogP contribution in [-0.4, -0.2) is 83.7 Å². The molecule has 3 fully saturated rings. The van der Waals surface area contributed by atoms with Gasteiger partial charge in [0.15, 0.2) is 5.82 Å². The first kappa shape index (κ1) is 27.4. The second-order valence-corrected chi connectivity index (χ2v) is 12.2. The molecule has 2 aromatic heterocycles. The summed E-state index contributed by atoms with van der Waals surface area (Å²) in [6, 6.07) is 6.23. The highest BCUT2D eigenvalue weighted by Gasteiger charge is 2.47. The lowest BCUT2D eigenvalue weighted by atomic mass is 9.67. The molecule has 1 aliphatic carbocycles. The van der Waals surface area contributed by atoms with Gasteiger partial charge in [-0.2, -0.15) is 0 Å². The van der Waals surface area contributed by atoms with Gasteiger partial charge in [-0.25, -0.2) is 9.97 Å². The SMILES string of the molecule is CNC[C@H](O)COc1ccc(Cl)c(-c2nc(-c3c(C)noc3C)c(C)c(N3CC4(CCC(N5CC5)CC4)C3)n2)c1. The van der Waals surface area contributed by atoms with Crippen molar-refractivity contribution >= 4 is 17.4 Å². The number of nitrogens with zero attached hydrogens (tertiary/aromatic N) is 5. The van der Waals surface area contributed by atoms with E-state index in [2.05, 4.69) is 27.2 Å². The van der Waals surface area contributed by atoms with Gasteiger partial charge < -0.3 is 24.6 Å². The topological polar surface area (TPSA) is 99.5 Å². The maximum Gasteiger partial charge on any atom is 0.163 e. The molecule has 2 aliphatic heterocycles. The van der Waals surface area contributed by atoms with E-state index in [-0.39, 0.29) is 6.61 Å². The summed E-state index contributed by atoms with van der Waals surface area (Å²) in [5.74, 6) is 2.80. The van der Waals surface area contributed by atoms with E-state index in [9.17, 15) is 5.11 Å². The first-order valence-corrected chi connectivity index (χ1v) is 14.7. The molecule has 1 spiro atoms. The van der Waals surface area contributed by atoms with Gasteiger partial charge in [0.2, 0.25) is 0 Å². The molecule has 10 heteroatoms. The van der Waals surface area contributed by atoms with Gasteiger partial charge in [-0.1, -0.05) is 16.8 Å². The number of hydrogen-bond acceptors (Lipinski definition) is 9. The van der Waals surface area contributed by atoms with E-state index in [1.54, 1.807) is 19.2 Å². The van der Waals surface area contributed by atoms with Crippen LogP contribution < -0.4 is 15.0 Å². The third kappa shape index (κ3) is 5.32. The molecular weight excluding hydrogens is 528 g/mol. The second kappa shape index (κ2) is 10.9. The van der Waals surface area contributed by atoms with E-state index in [4.69, 9.17) is 30.8 Å². The van der Waals surface area contributed by atoms with Gasteiger partial charge in [-0.3, -0.25) is 4.90 Å². The Labute approximate surface area is 240 Å². The summed E-state index contributed by atoms with van der Waals surface area (Å²) < 4.78 is 11.4. The maximum absolute atomic E-state index is 10.1. The summed E-state index contributed by atoms with van der Waals surface area (Å²) in [6.45, 7) is 11.1. The van der Waals surface area contributed by atoms with Crippen molar-refractivity contribution in [2.45, 2.75) is 58.6 Å². The molecule has 3 aliphatic rings. The van der Waals surface area contributed by atoms with Crippen molar-refractivity contribution in [3.63, 3.8) is 0 Å². The molecule has 2 N–H and O–H groups in total. The van der Waals surface area contributed by atoms with E-state index in [1.165, 1.54) is 38.8 Å². The summed E-state index contributed by atoms with van der Waals surface area (Å²) in [4.78, 5) is 15.2. The zero-order valence-electron chi connectivity index (χ0n) is 23.8. The lowest BCUT2D eigenvalue weighted by Crippen LogP contribution is -2.59. The molecule has 6 rings (SSSR count). The Hall–Kier alpha value is -2.72. The molecule has 0 unspecified atom stereocenters. The smallest absolute Gasteiger partial charge is 0.163 e. The van der Waals surface area contributed by atoms with Crippen LogP contribution in [0.5, 0.6) is 5.75 Å². The van der Waals surface area contributed by atoms with Crippen LogP contribution in [0.3, 0.4) is 0 Å². The molecule has 214 valence electrons. The van der Waals surface area contributed by atoms with Gasteiger partial charge >= 0.3 is 0 Å². The zero-order valence-corrected chi connectivity index (χ0v) is 24.6. The average Bonchev–Trinajstić information content (AvgIpc) is 3.72. The summed E-state index contributed by atoms with van der Waals surface area (Å²) in [5.41, 5.74) is 4.60. The predicted molar refractivity (Wildman–Crippen MR) is 156 cm³/mol. The molecule has 1 aromatic carbocycles. The molecule has 9 nitrogen and oxygen atoms in total. The Morgan fingerprint density at radius 1 is 1.18 bits per heavy atom. The van der Waals surface area contributed by atoms with Crippen LogP contribution in [0, 0.1) is 26.2 Å². The number of likely N-dealkylation sites (N-methyl/N-ethyl adjacent to an activating group) is 1. The van der Waals surface area contributed by atoms with E-state index < -0.39 is 6.10 Å². The Morgan fingerprint density at radius 3 is 2.58 bits per heavy atom. The standard InChI is InChI=1S/C30H39ClN6O3/c1-18-27(26-19(2)35-40-20(26)3)33-28(24-13-23(5-6-25(24)31)39-15-22(38)14-32-4)34-29(18)37-16-30(17-37)9-7-21(8-10-30)36-11-12-36/h5-6,13,21-22,32,38H,7-12,14-17H2,1-4H3/t22-/m0/s1. The fraction of sp³-hybridized carbons (Fsp3) is 0.567. The molecule has 0 bridgehead atoms. The number of halogens is 1. The largest absolute Gasteiger partial charge is 0.491 e. The Balaban J connectivity index is 1.32. The lowest BCUT2D eigenvalue weighted by Gasteiger charge is -2.54. The van der Waals surface area contributed by atoms with Crippen LogP contribution in [0.2, 0.25) is 5.02 Å². The number of benzene rings is 1. The Morgan fingerprint density at radius 2 is 1.93 bits per heavy atom. The summed E-state index contributed by atoms with van der Waals surface area (Å²) in [7, 11) is 1.80. The third-order valence-corrected chi connectivity index (χ3v) is 9.15. The van der Waals surface area contributed by atoms with Crippen molar-refractivity contribution in [1.29, 1.82) is 0 Å². The quantitative estimate of drug-likeness (QED) is 0.365. The third-order valence-electron chi connectivity index (χ3n) is 8.82. The van der Waals surface area contributed by atoms with Gasteiger partial charge in [0.05, 0.1) is 22.0 Å². The molecule has 0 radical (unpaired) electrons. The highest BCUT2D eigenvalue weighted by atomic mass is 35.5. The van der Waals surface area contributed by atoms with E-state index in [0.29, 0.717) is 34.1 Å². The van der Waals surface area contributed by atoms with Crippen LogP contribution >= 0.6 is 11.6 Å². The maximum atomic E-state index is 10.1. The molecule has 3 aromatic rings. The minimum atomic E-state index is -0.618. The van der Waals surface area contributed by atoms with Gasteiger partial charge in [0, 0.05) is 55.3 Å². The summed E-state index contributed by atoms with van der Waals surface area (Å²) >= 11 is 6.72. The summed E-state index contributed by atoms with van der Waals surface area (Å²) in [5, 5.41) is 17.8. The fourth-order valence-electron chi connectivity index (χ4n) is 6.48. The van der Waals surface area contributed by atoms with Crippen LogP contribution in [-0.2, 0) is 0 Å². The first-order valence-electron chi connectivity index (χ1n) is 14.3. The van der Waals surface area contributed by atoms with Gasteiger partial charge in [0.1, 0.15) is 30.0 Å². The second-order valence-electron chi connectivity index (χ2n) is 11.8. The summed E-state index contributed by atoms with van der Waals surface area (Å²) in [6.07, 6.45) is 4.55. The lowest BCUT2D eigenvalue weighted by molar-refractivity contribution is 0.104. The number of ether oxygens (including phenoxy) is 1. The van der Waals surface area contributed by atoms with Crippen molar-refractivity contribution in [2.24, 2.45) is 5.41 Å². The molecular formula is C30H39ClN6O3. The molecule has 2 saturated heterocycles. The zero-order chi connectivity index (χ0) is 28.0. The predicted octanol–water partition coefficient (Wildman–Crippen LogP) is 4.40. The van der Waals surface area contributed by atoms with E-state index in [0.717, 1.165) is 53.2 Å². The van der Waals surface area contributed by atoms with E-state index >= 15 is 0 Å². The van der Waals surface area contributed by atoms with Crippen molar-refractivity contribution in [1.82, 2.24) is 25.3 Å². The number of aromatic nitrogens is 3. The minimum absolute atomic E-state index is 0.167. The fourth-order valence-corrected chi connectivity index (χ4v) is 6.68. The number of anilines is 1. The molecule has 1 saturated carbocycles. The van der Waals surface area contributed by atoms with E-state index in [1.807, 2.05) is 19.9 Å². The first-order chi connectivity index (χ1) is 19.3. The number of hydrogen-bond donors (Lipinski definition) is 2. The van der Waals surface area contributed by atoms with Crippen LogP contribution in [0.1, 0.15) is 42.7 Å². The Kier molecular flexibility index (Phi) is 7.50. The van der Waals surface area contributed by atoms with Gasteiger partial charge in [0.25, 0.3) is 0 Å². The number of aryl methyl sites for hydroxylation is 2.